The van der Waals surface area contributed by atoms with Crippen LogP contribution in [0.3, 0.4) is 0 Å². The van der Waals surface area contributed by atoms with Gasteiger partial charge < -0.3 is 15.3 Å². The van der Waals surface area contributed by atoms with E-state index in [1.165, 1.54) is 6.20 Å². The predicted octanol–water partition coefficient (Wildman–Crippen LogP) is 1.82. The first-order chi connectivity index (χ1) is 10.3. The molecule has 1 atom stereocenters. The van der Waals surface area contributed by atoms with Gasteiger partial charge in [0, 0.05) is 13.1 Å². The van der Waals surface area contributed by atoms with E-state index in [0.29, 0.717) is 19.0 Å². The van der Waals surface area contributed by atoms with Gasteiger partial charge in [0.25, 0.3) is 5.91 Å². The molecule has 1 aromatic rings. The third kappa shape index (κ3) is 4.30. The molecule has 0 unspecified atom stereocenters. The Balaban J connectivity index is 3.06. The minimum absolute atomic E-state index is 0.0227. The van der Waals surface area contributed by atoms with Gasteiger partial charge in [0.05, 0.1) is 11.2 Å². The zero-order chi connectivity index (χ0) is 16.9. The third-order valence-corrected chi connectivity index (χ3v) is 3.49. The highest BCUT2D eigenvalue weighted by molar-refractivity contribution is 6.33. The second kappa shape index (κ2) is 7.93. The van der Waals surface area contributed by atoms with E-state index in [1.54, 1.807) is 13.8 Å². The number of carboxylic acid groups (broad SMARTS) is 1. The molecule has 0 radical (unpaired) electrons. The normalized spacial score (nSPS) is 12.1. The van der Waals surface area contributed by atoms with Crippen LogP contribution in [0.1, 0.15) is 38.2 Å². The van der Waals surface area contributed by atoms with E-state index in [9.17, 15) is 9.59 Å². The molecule has 122 valence electrons. The van der Waals surface area contributed by atoms with Gasteiger partial charge in [0.2, 0.25) is 5.95 Å². The van der Waals surface area contributed by atoms with Gasteiger partial charge in [0.1, 0.15) is 6.04 Å². The molecule has 0 aliphatic heterocycles. The van der Waals surface area contributed by atoms with Crippen molar-refractivity contribution >= 4 is 29.4 Å². The molecule has 0 saturated carbocycles. The van der Waals surface area contributed by atoms with E-state index in [2.05, 4.69) is 15.3 Å². The summed E-state index contributed by atoms with van der Waals surface area (Å²) in [6, 6.07) is -1.00. The molecule has 1 rings (SSSR count). The molecule has 0 saturated heterocycles. The van der Waals surface area contributed by atoms with Crippen molar-refractivity contribution in [2.45, 2.75) is 33.7 Å². The Morgan fingerprint density at radius 1 is 1.36 bits per heavy atom. The molecule has 8 heteroatoms. The average Bonchev–Trinajstić information content (AvgIpc) is 2.46. The molecule has 22 heavy (non-hydrogen) atoms. The summed E-state index contributed by atoms with van der Waals surface area (Å²) in [5.41, 5.74) is -0.0227. The fourth-order valence-corrected chi connectivity index (χ4v) is 2.08. The lowest BCUT2D eigenvalue weighted by molar-refractivity contribution is -0.140. The fraction of sp³-hybridized carbons (Fsp3) is 0.571. The van der Waals surface area contributed by atoms with Gasteiger partial charge in [0.15, 0.2) is 5.69 Å². The Hall–Kier alpha value is -1.89. The second-order valence-corrected chi connectivity index (χ2v) is 5.48. The molecule has 0 bridgehead atoms. The molecule has 0 aromatic carbocycles. The van der Waals surface area contributed by atoms with Crippen LogP contribution in [0.5, 0.6) is 0 Å². The monoisotopic (exact) mass is 328 g/mol. The largest absolute Gasteiger partial charge is 0.480 e. The summed E-state index contributed by atoms with van der Waals surface area (Å²) < 4.78 is 0. The Morgan fingerprint density at radius 2 is 1.95 bits per heavy atom. The summed E-state index contributed by atoms with van der Waals surface area (Å²) in [6.07, 6.45) is 1.35. The van der Waals surface area contributed by atoms with E-state index in [1.807, 2.05) is 18.7 Å². The molecule has 0 spiro atoms. The minimum Gasteiger partial charge on any atom is -0.480 e. The zero-order valence-corrected chi connectivity index (χ0v) is 13.9. The van der Waals surface area contributed by atoms with Crippen molar-refractivity contribution in [2.75, 3.05) is 18.0 Å². The third-order valence-electron chi connectivity index (χ3n) is 3.21. The summed E-state index contributed by atoms with van der Waals surface area (Å²) in [5.74, 6) is -1.60. The van der Waals surface area contributed by atoms with Crippen molar-refractivity contribution in [2.24, 2.45) is 5.92 Å². The number of hydrogen-bond acceptors (Lipinski definition) is 5. The molecule has 7 nitrogen and oxygen atoms in total. The van der Waals surface area contributed by atoms with Crippen molar-refractivity contribution in [1.82, 2.24) is 15.3 Å². The summed E-state index contributed by atoms with van der Waals surface area (Å²) in [7, 11) is 0. The number of carbonyl (C=O) groups excluding carboxylic acids is 1. The van der Waals surface area contributed by atoms with E-state index in [-0.39, 0.29) is 16.6 Å². The van der Waals surface area contributed by atoms with Crippen molar-refractivity contribution in [3.63, 3.8) is 0 Å². The molecule has 0 fully saturated rings. The summed E-state index contributed by atoms with van der Waals surface area (Å²) in [5, 5.41) is 11.7. The maximum Gasteiger partial charge on any atom is 0.326 e. The van der Waals surface area contributed by atoms with Gasteiger partial charge in [-0.05, 0) is 19.8 Å². The smallest absolute Gasteiger partial charge is 0.326 e. The summed E-state index contributed by atoms with van der Waals surface area (Å²) >= 11 is 5.97. The van der Waals surface area contributed by atoms with Crippen molar-refractivity contribution in [3.8, 4) is 0 Å². The molecule has 0 aliphatic rings. The highest BCUT2D eigenvalue weighted by Gasteiger charge is 2.26. The first kappa shape index (κ1) is 18.2. The molecule has 2 N–H and O–H groups in total. The zero-order valence-electron chi connectivity index (χ0n) is 13.1. The first-order valence-corrected chi connectivity index (χ1v) is 7.50. The van der Waals surface area contributed by atoms with E-state index >= 15 is 0 Å². The van der Waals surface area contributed by atoms with Gasteiger partial charge in [-0.2, -0.15) is 0 Å². The van der Waals surface area contributed by atoms with Crippen molar-refractivity contribution in [1.29, 1.82) is 0 Å². The number of carboxylic acids is 1. The van der Waals surface area contributed by atoms with Crippen LogP contribution >= 0.6 is 11.6 Å². The lowest BCUT2D eigenvalue weighted by Crippen LogP contribution is -2.44. The van der Waals surface area contributed by atoms with Crippen LogP contribution in [0.25, 0.3) is 0 Å². The lowest BCUT2D eigenvalue weighted by atomic mass is 10.0. The van der Waals surface area contributed by atoms with E-state index in [0.717, 1.165) is 0 Å². The quantitative estimate of drug-likeness (QED) is 0.792. The van der Waals surface area contributed by atoms with Crippen molar-refractivity contribution in [3.05, 3.63) is 16.9 Å². The Bertz CT molecular complexity index is 547. The van der Waals surface area contributed by atoms with Gasteiger partial charge in [-0.15, -0.1) is 0 Å². The van der Waals surface area contributed by atoms with Gasteiger partial charge in [-0.3, -0.25) is 4.79 Å². The summed E-state index contributed by atoms with van der Waals surface area (Å²) in [4.78, 5) is 33.6. The van der Waals surface area contributed by atoms with Gasteiger partial charge in [-0.25, -0.2) is 14.8 Å². The van der Waals surface area contributed by atoms with Crippen LogP contribution < -0.4 is 10.2 Å². The molecule has 1 aromatic heterocycles. The maximum atomic E-state index is 12.3. The lowest BCUT2D eigenvalue weighted by Gasteiger charge is -2.20. The fourth-order valence-electron chi connectivity index (χ4n) is 1.90. The molecule has 1 heterocycles. The Morgan fingerprint density at radius 3 is 2.41 bits per heavy atom. The molecule has 1 amide bonds. The topological polar surface area (TPSA) is 95.4 Å². The average molecular weight is 329 g/mol. The van der Waals surface area contributed by atoms with Crippen molar-refractivity contribution < 1.29 is 14.7 Å². The number of hydrogen-bond donors (Lipinski definition) is 2. The highest BCUT2D eigenvalue weighted by atomic mass is 35.5. The number of nitrogens with one attached hydrogen (secondary N) is 1. The number of rotatable bonds is 7. The first-order valence-electron chi connectivity index (χ1n) is 7.12. The SMILES string of the molecule is CCN(CC)c1ncc(Cl)c(C(=O)N[C@H](C(=O)O)C(C)C)n1. The number of anilines is 1. The van der Waals surface area contributed by atoms with E-state index in [4.69, 9.17) is 16.7 Å². The number of aliphatic carboxylic acids is 1. The summed E-state index contributed by atoms with van der Waals surface area (Å²) in [6.45, 7) is 8.68. The maximum absolute atomic E-state index is 12.3. The minimum atomic E-state index is -1.10. The standard InChI is InChI=1S/C14H21ClN4O3/c1-5-19(6-2)14-16-7-9(15)11(18-14)12(20)17-10(8(3)4)13(21)22/h7-8,10H,5-6H2,1-4H3,(H,17,20)(H,21,22)/t10-/m0/s1. The predicted molar refractivity (Wildman–Crippen MR) is 84.3 cm³/mol. The number of aromatic nitrogens is 2. The Kier molecular flexibility index (Phi) is 6.55. The van der Waals surface area contributed by atoms with Crippen LogP contribution in [0.4, 0.5) is 5.95 Å². The van der Waals surface area contributed by atoms with Crippen LogP contribution in [0, 0.1) is 5.92 Å². The number of amides is 1. The van der Waals surface area contributed by atoms with Crippen LogP contribution in [-0.4, -0.2) is 46.1 Å². The van der Waals surface area contributed by atoms with Crippen LogP contribution in [0.2, 0.25) is 5.02 Å². The van der Waals surface area contributed by atoms with Gasteiger partial charge >= 0.3 is 5.97 Å². The number of halogens is 1. The van der Waals surface area contributed by atoms with Gasteiger partial charge in [-0.1, -0.05) is 25.4 Å². The second-order valence-electron chi connectivity index (χ2n) is 5.07. The number of carbonyl (C=O) groups is 2. The number of nitrogens with zero attached hydrogens (tertiary/aromatic N) is 3. The van der Waals surface area contributed by atoms with Crippen LogP contribution in [0.15, 0.2) is 6.20 Å². The molecular weight excluding hydrogens is 308 g/mol. The Labute approximate surface area is 134 Å². The molecule has 0 aliphatic carbocycles. The van der Waals surface area contributed by atoms with Crippen LogP contribution in [-0.2, 0) is 4.79 Å². The highest BCUT2D eigenvalue weighted by Crippen LogP contribution is 2.17. The molecular formula is C14H21ClN4O3. The van der Waals surface area contributed by atoms with E-state index < -0.39 is 17.9 Å².